The van der Waals surface area contributed by atoms with E-state index in [1.165, 1.54) is 4.31 Å². The number of rotatable bonds is 5. The van der Waals surface area contributed by atoms with Gasteiger partial charge in [-0.05, 0) is 24.3 Å². The van der Waals surface area contributed by atoms with Crippen LogP contribution < -0.4 is 4.31 Å². The summed E-state index contributed by atoms with van der Waals surface area (Å²) < 4.78 is 26.0. The Bertz CT molecular complexity index is 868. The van der Waals surface area contributed by atoms with Crippen LogP contribution in [0.1, 0.15) is 25.7 Å². The van der Waals surface area contributed by atoms with Crippen molar-refractivity contribution in [1.82, 2.24) is 4.90 Å². The number of likely N-dealkylation sites (N-methyl/N-ethyl adjacent to an activating group) is 1. The largest absolute Gasteiger partial charge is 0.341 e. The third kappa shape index (κ3) is 3.79. The summed E-state index contributed by atoms with van der Waals surface area (Å²) >= 11 is 0. The number of fused-ring (bicyclic) bond motifs is 1. The zero-order valence-corrected chi connectivity index (χ0v) is 15.5. The summed E-state index contributed by atoms with van der Waals surface area (Å²) in [6, 6.07) is 13.3. The van der Waals surface area contributed by atoms with Gasteiger partial charge in [0.1, 0.15) is 6.54 Å². The molecule has 1 amide bonds. The van der Waals surface area contributed by atoms with Crippen molar-refractivity contribution >= 4 is 32.4 Å². The zero-order valence-electron chi connectivity index (χ0n) is 14.7. The minimum Gasteiger partial charge on any atom is -0.341 e. The molecule has 1 saturated carbocycles. The summed E-state index contributed by atoms with van der Waals surface area (Å²) in [5.74, 6) is -0.162. The summed E-state index contributed by atoms with van der Waals surface area (Å²) in [7, 11) is -1.80. The molecule has 25 heavy (non-hydrogen) atoms. The molecule has 3 rings (SSSR count). The van der Waals surface area contributed by atoms with Crippen LogP contribution in [0.5, 0.6) is 0 Å². The van der Waals surface area contributed by atoms with Crippen molar-refractivity contribution in [2.75, 3.05) is 24.2 Å². The number of anilines is 1. The molecule has 1 aliphatic carbocycles. The minimum absolute atomic E-state index is 0.162. The predicted molar refractivity (Wildman–Crippen MR) is 101 cm³/mol. The van der Waals surface area contributed by atoms with E-state index in [1.807, 2.05) is 36.4 Å². The van der Waals surface area contributed by atoms with Gasteiger partial charge in [-0.3, -0.25) is 9.10 Å². The Hall–Kier alpha value is -2.08. The second kappa shape index (κ2) is 7.04. The third-order valence-electron chi connectivity index (χ3n) is 4.98. The van der Waals surface area contributed by atoms with Crippen molar-refractivity contribution in [3.63, 3.8) is 0 Å². The van der Waals surface area contributed by atoms with Gasteiger partial charge in [0.05, 0.1) is 11.9 Å². The molecule has 0 saturated heterocycles. The molecule has 0 radical (unpaired) electrons. The minimum atomic E-state index is -3.58. The molecule has 0 aromatic heterocycles. The Morgan fingerprint density at radius 2 is 1.72 bits per heavy atom. The Kier molecular flexibility index (Phi) is 4.99. The lowest BCUT2D eigenvalue weighted by molar-refractivity contribution is -0.130. The summed E-state index contributed by atoms with van der Waals surface area (Å²) in [5.41, 5.74) is 0.550. The molecule has 0 N–H and O–H groups in total. The first-order valence-corrected chi connectivity index (χ1v) is 10.4. The number of carbonyl (C=O) groups excluding carboxylic acids is 1. The number of hydrogen-bond acceptors (Lipinski definition) is 3. The standard InChI is InChI=1S/C19H24N2O3S/c1-20(16-10-4-5-11-16)19(22)14-21(25(2,23)24)18-13-7-9-15-8-3-6-12-17(15)18/h3,6-9,12-13,16H,4-5,10-11,14H2,1-2H3. The average Bonchev–Trinajstić information content (AvgIpc) is 3.12. The number of hydrogen-bond donors (Lipinski definition) is 0. The van der Waals surface area contributed by atoms with Crippen molar-refractivity contribution in [2.24, 2.45) is 0 Å². The summed E-state index contributed by atoms with van der Waals surface area (Å²) in [6.07, 6.45) is 5.39. The van der Waals surface area contributed by atoms with Gasteiger partial charge in [-0.25, -0.2) is 8.42 Å². The topological polar surface area (TPSA) is 57.7 Å². The second-order valence-corrected chi connectivity index (χ2v) is 8.62. The highest BCUT2D eigenvalue weighted by Gasteiger charge is 2.28. The Balaban J connectivity index is 1.94. The molecule has 2 aromatic carbocycles. The SMILES string of the molecule is CN(C(=O)CN(c1cccc2ccccc12)S(C)(=O)=O)C1CCCC1. The van der Waals surface area contributed by atoms with Gasteiger partial charge in [-0.2, -0.15) is 0 Å². The van der Waals surface area contributed by atoms with Gasteiger partial charge in [-0.1, -0.05) is 49.2 Å². The van der Waals surface area contributed by atoms with E-state index in [0.717, 1.165) is 42.7 Å². The van der Waals surface area contributed by atoms with E-state index in [9.17, 15) is 13.2 Å². The fraction of sp³-hybridized carbons (Fsp3) is 0.421. The van der Waals surface area contributed by atoms with Crippen LogP contribution >= 0.6 is 0 Å². The van der Waals surface area contributed by atoms with Gasteiger partial charge < -0.3 is 4.90 Å². The monoisotopic (exact) mass is 360 g/mol. The van der Waals surface area contributed by atoms with Gasteiger partial charge in [0.15, 0.2) is 0 Å². The molecule has 0 unspecified atom stereocenters. The lowest BCUT2D eigenvalue weighted by Crippen LogP contribution is -2.44. The van der Waals surface area contributed by atoms with E-state index in [4.69, 9.17) is 0 Å². The van der Waals surface area contributed by atoms with Crippen molar-refractivity contribution in [3.05, 3.63) is 42.5 Å². The molecule has 0 spiro atoms. The molecular weight excluding hydrogens is 336 g/mol. The fourth-order valence-corrected chi connectivity index (χ4v) is 4.40. The van der Waals surface area contributed by atoms with Crippen molar-refractivity contribution in [3.8, 4) is 0 Å². The predicted octanol–water partition coefficient (Wildman–Crippen LogP) is 3.01. The fourth-order valence-electron chi connectivity index (χ4n) is 3.54. The first kappa shape index (κ1) is 17.7. The summed E-state index contributed by atoms with van der Waals surface area (Å²) in [5, 5.41) is 1.77. The van der Waals surface area contributed by atoms with Crippen LogP contribution in [0.2, 0.25) is 0 Å². The molecule has 0 atom stereocenters. The van der Waals surface area contributed by atoms with E-state index in [0.29, 0.717) is 5.69 Å². The van der Waals surface area contributed by atoms with Crippen molar-refractivity contribution < 1.29 is 13.2 Å². The highest BCUT2D eigenvalue weighted by Crippen LogP contribution is 2.29. The van der Waals surface area contributed by atoms with Crippen LogP contribution in [-0.2, 0) is 14.8 Å². The van der Waals surface area contributed by atoms with Crippen LogP contribution in [-0.4, -0.2) is 45.1 Å². The maximum absolute atomic E-state index is 12.7. The maximum Gasteiger partial charge on any atom is 0.243 e. The van der Waals surface area contributed by atoms with E-state index < -0.39 is 10.0 Å². The van der Waals surface area contributed by atoms with Gasteiger partial charge in [0, 0.05) is 18.5 Å². The smallest absolute Gasteiger partial charge is 0.243 e. The molecule has 5 nitrogen and oxygen atoms in total. The average molecular weight is 360 g/mol. The molecule has 0 bridgehead atoms. The Labute approximate surface area is 149 Å². The van der Waals surface area contributed by atoms with E-state index in [-0.39, 0.29) is 18.5 Å². The Morgan fingerprint density at radius 1 is 1.08 bits per heavy atom. The Morgan fingerprint density at radius 3 is 2.40 bits per heavy atom. The van der Waals surface area contributed by atoms with E-state index in [1.54, 1.807) is 18.0 Å². The second-order valence-electron chi connectivity index (χ2n) is 6.71. The highest BCUT2D eigenvalue weighted by atomic mass is 32.2. The quantitative estimate of drug-likeness (QED) is 0.824. The van der Waals surface area contributed by atoms with Crippen LogP contribution in [0.25, 0.3) is 10.8 Å². The zero-order chi connectivity index (χ0) is 18.0. The van der Waals surface area contributed by atoms with Crippen LogP contribution in [0.4, 0.5) is 5.69 Å². The third-order valence-corrected chi connectivity index (χ3v) is 6.11. The van der Waals surface area contributed by atoms with Gasteiger partial charge >= 0.3 is 0 Å². The van der Waals surface area contributed by atoms with E-state index >= 15 is 0 Å². The molecule has 2 aromatic rings. The molecular formula is C19H24N2O3S. The van der Waals surface area contributed by atoms with Crippen LogP contribution in [0.3, 0.4) is 0 Å². The molecule has 0 heterocycles. The number of amides is 1. The number of nitrogens with zero attached hydrogens (tertiary/aromatic N) is 2. The maximum atomic E-state index is 12.7. The normalized spacial score (nSPS) is 15.4. The number of carbonyl (C=O) groups is 1. The highest BCUT2D eigenvalue weighted by molar-refractivity contribution is 7.92. The van der Waals surface area contributed by atoms with Crippen molar-refractivity contribution in [2.45, 2.75) is 31.7 Å². The summed E-state index contributed by atoms with van der Waals surface area (Å²) in [4.78, 5) is 14.4. The molecule has 134 valence electrons. The van der Waals surface area contributed by atoms with Gasteiger partial charge in [0.25, 0.3) is 0 Å². The summed E-state index contributed by atoms with van der Waals surface area (Å²) in [6.45, 7) is -0.167. The molecule has 1 aliphatic rings. The van der Waals surface area contributed by atoms with Gasteiger partial charge in [0.2, 0.25) is 15.9 Å². The number of sulfonamides is 1. The first-order valence-electron chi connectivity index (χ1n) is 8.59. The number of benzene rings is 2. The van der Waals surface area contributed by atoms with Crippen LogP contribution in [0, 0.1) is 0 Å². The first-order chi connectivity index (χ1) is 11.9. The molecule has 0 aliphatic heterocycles. The molecule has 1 fully saturated rings. The van der Waals surface area contributed by atoms with Crippen LogP contribution in [0.15, 0.2) is 42.5 Å². The lowest BCUT2D eigenvalue weighted by atomic mass is 10.1. The van der Waals surface area contributed by atoms with Gasteiger partial charge in [-0.15, -0.1) is 0 Å². The van der Waals surface area contributed by atoms with Crippen molar-refractivity contribution in [1.29, 1.82) is 0 Å². The van der Waals surface area contributed by atoms with E-state index in [2.05, 4.69) is 0 Å². The molecule has 6 heteroatoms. The lowest BCUT2D eigenvalue weighted by Gasteiger charge is -2.29.